The van der Waals surface area contributed by atoms with Crippen molar-refractivity contribution < 1.29 is 9.53 Å². The van der Waals surface area contributed by atoms with E-state index in [1.807, 2.05) is 0 Å². The van der Waals surface area contributed by atoms with Crippen molar-refractivity contribution >= 4 is 12.0 Å². The van der Waals surface area contributed by atoms with Crippen LogP contribution in [0.3, 0.4) is 0 Å². The smallest absolute Gasteiger partial charge is 0.358 e. The van der Waals surface area contributed by atoms with Gasteiger partial charge in [0, 0.05) is 0 Å². The minimum absolute atomic E-state index is 0.197. The zero-order chi connectivity index (χ0) is 8.97. The molecule has 0 radical (unpaired) electrons. The molecule has 4 nitrogen and oxygen atoms in total. The van der Waals surface area contributed by atoms with Gasteiger partial charge in [0.2, 0.25) is 0 Å². The summed E-state index contributed by atoms with van der Waals surface area (Å²) < 4.78 is 4.44. The number of carbonyl (C=O) groups excluding carboxylic acids is 1. The molecule has 1 aromatic rings. The predicted molar refractivity (Wildman–Crippen MR) is 43.5 cm³/mol. The van der Waals surface area contributed by atoms with Crippen molar-refractivity contribution in [1.29, 1.82) is 0 Å². The molecule has 0 N–H and O–H groups in total. The van der Waals surface area contributed by atoms with Crippen LogP contribution >= 0.6 is 0 Å². The van der Waals surface area contributed by atoms with E-state index in [2.05, 4.69) is 21.3 Å². The lowest BCUT2D eigenvalue weighted by Crippen LogP contribution is -2.04. The standard InChI is InChI=1S/C8H8N2O2/c1-3-6-4-10-7(5-9-6)8(11)12-2/h3-5H,1H2,2H3. The van der Waals surface area contributed by atoms with Gasteiger partial charge >= 0.3 is 5.97 Å². The van der Waals surface area contributed by atoms with E-state index in [-0.39, 0.29) is 5.69 Å². The summed E-state index contributed by atoms with van der Waals surface area (Å²) in [6.45, 7) is 3.51. The second kappa shape index (κ2) is 3.61. The fourth-order valence-electron chi connectivity index (χ4n) is 0.653. The van der Waals surface area contributed by atoms with E-state index >= 15 is 0 Å². The van der Waals surface area contributed by atoms with Crippen LogP contribution < -0.4 is 0 Å². The van der Waals surface area contributed by atoms with E-state index in [4.69, 9.17) is 0 Å². The SMILES string of the molecule is C=Cc1cnc(C(=O)OC)cn1. The third-order valence-electron chi connectivity index (χ3n) is 1.28. The number of rotatable bonds is 2. The molecule has 0 spiro atoms. The van der Waals surface area contributed by atoms with Crippen molar-refractivity contribution in [1.82, 2.24) is 9.97 Å². The average Bonchev–Trinajstić information content (AvgIpc) is 2.17. The summed E-state index contributed by atoms with van der Waals surface area (Å²) in [7, 11) is 1.30. The first-order chi connectivity index (χ1) is 5.77. The number of aromatic nitrogens is 2. The van der Waals surface area contributed by atoms with Crippen LogP contribution in [-0.4, -0.2) is 23.0 Å². The van der Waals surface area contributed by atoms with Gasteiger partial charge in [0.25, 0.3) is 0 Å². The molecule has 0 atom stereocenters. The highest BCUT2D eigenvalue weighted by Gasteiger charge is 2.05. The molecular weight excluding hydrogens is 156 g/mol. The van der Waals surface area contributed by atoms with Crippen molar-refractivity contribution in [3.8, 4) is 0 Å². The van der Waals surface area contributed by atoms with Crippen LogP contribution in [0.25, 0.3) is 6.08 Å². The first-order valence-corrected chi connectivity index (χ1v) is 3.30. The molecular formula is C8H8N2O2. The molecule has 0 bridgehead atoms. The molecule has 1 heterocycles. The van der Waals surface area contributed by atoms with Crippen LogP contribution in [0.4, 0.5) is 0 Å². The first kappa shape index (κ1) is 8.39. The molecule has 0 aliphatic rings. The van der Waals surface area contributed by atoms with Crippen LogP contribution in [0.2, 0.25) is 0 Å². The van der Waals surface area contributed by atoms with Crippen molar-refractivity contribution in [2.45, 2.75) is 0 Å². The zero-order valence-electron chi connectivity index (χ0n) is 6.65. The summed E-state index contributed by atoms with van der Waals surface area (Å²) in [5, 5.41) is 0. The Morgan fingerprint density at radius 3 is 2.75 bits per heavy atom. The Morgan fingerprint density at radius 1 is 1.58 bits per heavy atom. The van der Waals surface area contributed by atoms with E-state index in [9.17, 15) is 4.79 Å². The van der Waals surface area contributed by atoms with Gasteiger partial charge in [-0.05, 0) is 6.08 Å². The Morgan fingerprint density at radius 2 is 2.33 bits per heavy atom. The Hall–Kier alpha value is -1.71. The van der Waals surface area contributed by atoms with Crippen molar-refractivity contribution in [3.63, 3.8) is 0 Å². The van der Waals surface area contributed by atoms with Gasteiger partial charge in [-0.1, -0.05) is 6.58 Å². The van der Waals surface area contributed by atoms with Gasteiger partial charge in [0.05, 0.1) is 25.2 Å². The van der Waals surface area contributed by atoms with Crippen LogP contribution in [0.5, 0.6) is 0 Å². The summed E-state index contributed by atoms with van der Waals surface area (Å²) in [4.78, 5) is 18.6. The maximum absolute atomic E-state index is 10.9. The van der Waals surface area contributed by atoms with Gasteiger partial charge < -0.3 is 4.74 Å². The minimum atomic E-state index is -0.488. The minimum Gasteiger partial charge on any atom is -0.464 e. The maximum Gasteiger partial charge on any atom is 0.358 e. The molecule has 0 aromatic carbocycles. The van der Waals surface area contributed by atoms with Crippen LogP contribution in [-0.2, 0) is 4.74 Å². The summed E-state index contributed by atoms with van der Waals surface area (Å²) in [6.07, 6.45) is 4.36. The highest BCUT2D eigenvalue weighted by atomic mass is 16.5. The number of methoxy groups -OCH3 is 1. The second-order valence-electron chi connectivity index (χ2n) is 2.02. The van der Waals surface area contributed by atoms with E-state index in [1.165, 1.54) is 19.5 Å². The van der Waals surface area contributed by atoms with E-state index in [0.29, 0.717) is 5.69 Å². The highest BCUT2D eigenvalue weighted by Crippen LogP contribution is 1.97. The Labute approximate surface area is 69.9 Å². The average molecular weight is 164 g/mol. The fraction of sp³-hybridized carbons (Fsp3) is 0.125. The molecule has 62 valence electrons. The lowest BCUT2D eigenvalue weighted by atomic mass is 10.4. The summed E-state index contributed by atoms with van der Waals surface area (Å²) >= 11 is 0. The number of hydrogen-bond donors (Lipinski definition) is 0. The lowest BCUT2D eigenvalue weighted by molar-refractivity contribution is 0.0593. The Kier molecular flexibility index (Phi) is 2.53. The van der Waals surface area contributed by atoms with Crippen LogP contribution in [0.15, 0.2) is 19.0 Å². The van der Waals surface area contributed by atoms with Crippen LogP contribution in [0.1, 0.15) is 16.2 Å². The molecule has 0 unspecified atom stereocenters. The largest absolute Gasteiger partial charge is 0.464 e. The number of hydrogen-bond acceptors (Lipinski definition) is 4. The predicted octanol–water partition coefficient (Wildman–Crippen LogP) is 0.906. The van der Waals surface area contributed by atoms with Crippen molar-refractivity contribution in [2.75, 3.05) is 7.11 Å². The number of ether oxygens (including phenoxy) is 1. The van der Waals surface area contributed by atoms with E-state index in [1.54, 1.807) is 6.08 Å². The summed E-state index contributed by atoms with van der Waals surface area (Å²) in [6, 6.07) is 0. The molecule has 0 fully saturated rings. The van der Waals surface area contributed by atoms with Crippen LogP contribution in [0, 0.1) is 0 Å². The molecule has 1 rings (SSSR count). The van der Waals surface area contributed by atoms with E-state index < -0.39 is 5.97 Å². The topological polar surface area (TPSA) is 52.1 Å². The third-order valence-corrected chi connectivity index (χ3v) is 1.28. The molecule has 0 saturated heterocycles. The number of nitrogens with zero attached hydrogens (tertiary/aromatic N) is 2. The van der Waals surface area contributed by atoms with Crippen molar-refractivity contribution in [2.24, 2.45) is 0 Å². The molecule has 1 aromatic heterocycles. The molecule has 0 saturated carbocycles. The van der Waals surface area contributed by atoms with E-state index in [0.717, 1.165) is 0 Å². The lowest BCUT2D eigenvalue weighted by Gasteiger charge is -1.96. The summed E-state index contributed by atoms with van der Waals surface area (Å²) in [5.41, 5.74) is 0.825. The van der Waals surface area contributed by atoms with Gasteiger partial charge in [0.15, 0.2) is 5.69 Å². The monoisotopic (exact) mass is 164 g/mol. The molecule has 0 aliphatic carbocycles. The molecule has 4 heteroatoms. The normalized spacial score (nSPS) is 9.08. The quantitative estimate of drug-likeness (QED) is 0.609. The highest BCUT2D eigenvalue weighted by molar-refractivity contribution is 5.86. The second-order valence-corrected chi connectivity index (χ2v) is 2.02. The van der Waals surface area contributed by atoms with Crippen molar-refractivity contribution in [3.05, 3.63) is 30.4 Å². The van der Waals surface area contributed by atoms with Gasteiger partial charge in [0.1, 0.15) is 0 Å². The Balaban J connectivity index is 2.91. The zero-order valence-corrected chi connectivity index (χ0v) is 6.65. The van der Waals surface area contributed by atoms with Gasteiger partial charge in [-0.15, -0.1) is 0 Å². The molecule has 0 amide bonds. The van der Waals surface area contributed by atoms with Gasteiger partial charge in [-0.25, -0.2) is 9.78 Å². The maximum atomic E-state index is 10.9. The fourth-order valence-corrected chi connectivity index (χ4v) is 0.653. The third kappa shape index (κ3) is 1.66. The Bertz CT molecular complexity index is 292. The molecule has 12 heavy (non-hydrogen) atoms. The van der Waals surface area contributed by atoms with Gasteiger partial charge in [-0.2, -0.15) is 0 Å². The summed E-state index contributed by atoms with van der Waals surface area (Å²) in [5.74, 6) is -0.488. The molecule has 0 aliphatic heterocycles. The number of carbonyl (C=O) groups is 1. The van der Waals surface area contributed by atoms with Gasteiger partial charge in [-0.3, -0.25) is 4.98 Å². The number of esters is 1. The first-order valence-electron chi connectivity index (χ1n) is 3.30.